The molecule has 1 aromatic rings. The van der Waals surface area contributed by atoms with Crippen LogP contribution in [-0.4, -0.2) is 13.0 Å². The fraction of sp³-hybridized carbons (Fsp3) is 0.455. The lowest BCUT2D eigenvalue weighted by molar-refractivity contribution is 0.482. The number of allylic oxidation sites excluding steroid dienone is 2. The van der Waals surface area contributed by atoms with Crippen molar-refractivity contribution in [1.82, 2.24) is 0 Å². The number of rotatable bonds is 13. The molecule has 4 heteroatoms. The molecule has 0 radical (unpaired) electrons. The van der Waals surface area contributed by atoms with Gasteiger partial charge in [-0.25, -0.2) is 0 Å². The number of unbranched alkanes of at least 4 members (excludes halogenated alkanes) is 6. The molecule has 0 aliphatic rings. The highest BCUT2D eigenvalue weighted by atomic mass is 32.2. The van der Waals surface area contributed by atoms with E-state index in [1.807, 2.05) is 0 Å². The Morgan fingerprint density at radius 3 is 2.19 bits per heavy atom. The lowest BCUT2D eigenvalue weighted by Crippen LogP contribution is -2.06. The van der Waals surface area contributed by atoms with Crippen molar-refractivity contribution in [1.29, 1.82) is 0 Å². The van der Waals surface area contributed by atoms with Crippen LogP contribution in [-0.2, 0) is 16.5 Å². The molecular weight excluding hydrogens is 344 g/mol. The van der Waals surface area contributed by atoms with Gasteiger partial charge in [-0.05, 0) is 54.9 Å². The van der Waals surface area contributed by atoms with Crippen LogP contribution >= 0.6 is 0 Å². The molecule has 1 rings (SSSR count). The van der Waals surface area contributed by atoms with Crippen LogP contribution in [0.2, 0.25) is 0 Å². The Labute approximate surface area is 159 Å². The standard InChI is InChI=1S/C22H32O3S/c1-4-7-8-9-10-11-12-13-14-15-16-21-20(6-3)19(5-2)17-18-22(21)26(23,24)25/h5-6,12-13,17-18H,2-4,7-11,14-16H2,1H3,(H,23,24,25). The Morgan fingerprint density at radius 2 is 1.62 bits per heavy atom. The molecule has 0 heterocycles. The molecule has 0 fully saturated rings. The Bertz CT molecular complexity index is 715. The molecule has 0 bridgehead atoms. The van der Waals surface area contributed by atoms with Crippen LogP contribution in [0.5, 0.6) is 0 Å². The molecule has 1 N–H and O–H groups in total. The second-order valence-electron chi connectivity index (χ2n) is 6.49. The summed E-state index contributed by atoms with van der Waals surface area (Å²) in [4.78, 5) is -0.0297. The molecule has 0 aromatic heterocycles. The van der Waals surface area contributed by atoms with E-state index in [9.17, 15) is 13.0 Å². The SMILES string of the molecule is C=Cc1ccc(S(=O)(=O)O)c(CCCC=CCCCCCCC)c1C=C. The van der Waals surface area contributed by atoms with Crippen LogP contribution in [0, 0.1) is 0 Å². The molecule has 0 spiro atoms. The highest BCUT2D eigenvalue weighted by Gasteiger charge is 2.18. The normalized spacial score (nSPS) is 11.8. The highest BCUT2D eigenvalue weighted by molar-refractivity contribution is 7.85. The summed E-state index contributed by atoms with van der Waals surface area (Å²) in [5.74, 6) is 0. The molecule has 0 aliphatic carbocycles. The van der Waals surface area contributed by atoms with Gasteiger partial charge in [-0.2, -0.15) is 8.42 Å². The largest absolute Gasteiger partial charge is 0.294 e. The van der Waals surface area contributed by atoms with Crippen LogP contribution in [0.15, 0.2) is 42.3 Å². The van der Waals surface area contributed by atoms with Crippen molar-refractivity contribution >= 4 is 22.3 Å². The number of hydrogen-bond donors (Lipinski definition) is 1. The summed E-state index contributed by atoms with van der Waals surface area (Å²) in [5, 5.41) is 0. The molecule has 0 unspecified atom stereocenters. The van der Waals surface area contributed by atoms with Crippen LogP contribution in [0.25, 0.3) is 12.2 Å². The minimum atomic E-state index is -4.25. The number of hydrogen-bond acceptors (Lipinski definition) is 2. The molecule has 0 saturated carbocycles. The van der Waals surface area contributed by atoms with Crippen molar-refractivity contribution in [2.45, 2.75) is 69.6 Å². The zero-order valence-corrected chi connectivity index (χ0v) is 16.7. The van der Waals surface area contributed by atoms with Gasteiger partial charge in [0.15, 0.2) is 0 Å². The molecule has 0 amide bonds. The lowest BCUT2D eigenvalue weighted by Gasteiger charge is -2.13. The molecule has 144 valence electrons. The summed E-state index contributed by atoms with van der Waals surface area (Å²) < 4.78 is 32.9. The van der Waals surface area contributed by atoms with Gasteiger partial charge < -0.3 is 0 Å². The minimum Gasteiger partial charge on any atom is -0.282 e. The van der Waals surface area contributed by atoms with Gasteiger partial charge in [0.05, 0.1) is 4.90 Å². The van der Waals surface area contributed by atoms with Crippen LogP contribution in [0.3, 0.4) is 0 Å². The predicted molar refractivity (Wildman–Crippen MR) is 112 cm³/mol. The lowest BCUT2D eigenvalue weighted by atomic mass is 9.96. The van der Waals surface area contributed by atoms with E-state index in [1.165, 1.54) is 38.2 Å². The second-order valence-corrected chi connectivity index (χ2v) is 7.88. The van der Waals surface area contributed by atoms with Gasteiger partial charge in [0.1, 0.15) is 0 Å². The summed E-state index contributed by atoms with van der Waals surface area (Å²) in [7, 11) is -4.25. The van der Waals surface area contributed by atoms with Crippen molar-refractivity contribution in [2.24, 2.45) is 0 Å². The molecule has 0 saturated heterocycles. The Kier molecular flexibility index (Phi) is 10.2. The Morgan fingerprint density at radius 1 is 0.962 bits per heavy atom. The van der Waals surface area contributed by atoms with E-state index in [-0.39, 0.29) is 4.90 Å². The molecule has 1 aromatic carbocycles. The molecule has 3 nitrogen and oxygen atoms in total. The van der Waals surface area contributed by atoms with E-state index in [1.54, 1.807) is 18.2 Å². The van der Waals surface area contributed by atoms with Crippen molar-refractivity contribution in [2.75, 3.05) is 0 Å². The quantitative estimate of drug-likeness (QED) is 0.244. The third kappa shape index (κ3) is 7.30. The van der Waals surface area contributed by atoms with Crippen LogP contribution in [0.4, 0.5) is 0 Å². The van der Waals surface area contributed by atoms with Crippen molar-refractivity contribution < 1.29 is 13.0 Å². The monoisotopic (exact) mass is 376 g/mol. The first kappa shape index (κ1) is 22.4. The van der Waals surface area contributed by atoms with Gasteiger partial charge in [-0.15, -0.1) is 0 Å². The summed E-state index contributed by atoms with van der Waals surface area (Å²) in [6.07, 6.45) is 17.5. The molecule has 0 atom stereocenters. The van der Waals surface area contributed by atoms with Gasteiger partial charge in [0, 0.05) is 0 Å². The Balaban J connectivity index is 2.66. The average Bonchev–Trinajstić information content (AvgIpc) is 2.61. The first-order chi connectivity index (χ1) is 12.5. The zero-order chi connectivity index (χ0) is 19.4. The van der Waals surface area contributed by atoms with Crippen molar-refractivity contribution in [3.05, 3.63) is 54.1 Å². The van der Waals surface area contributed by atoms with E-state index in [0.29, 0.717) is 12.0 Å². The van der Waals surface area contributed by atoms with E-state index in [0.717, 1.165) is 30.4 Å². The summed E-state index contributed by atoms with van der Waals surface area (Å²) in [6, 6.07) is 3.09. The summed E-state index contributed by atoms with van der Waals surface area (Å²) >= 11 is 0. The Hall–Kier alpha value is -1.65. The van der Waals surface area contributed by atoms with Gasteiger partial charge in [-0.1, -0.05) is 76.1 Å². The van der Waals surface area contributed by atoms with Crippen molar-refractivity contribution in [3.8, 4) is 0 Å². The van der Waals surface area contributed by atoms with Gasteiger partial charge >= 0.3 is 0 Å². The van der Waals surface area contributed by atoms with Crippen molar-refractivity contribution in [3.63, 3.8) is 0 Å². The summed E-state index contributed by atoms with van der Waals surface area (Å²) in [6.45, 7) is 9.76. The molecule has 0 aliphatic heterocycles. The van der Waals surface area contributed by atoms with Gasteiger partial charge in [0.25, 0.3) is 10.1 Å². The molecule has 26 heavy (non-hydrogen) atoms. The summed E-state index contributed by atoms with van der Waals surface area (Å²) in [5.41, 5.74) is 2.17. The van der Waals surface area contributed by atoms with E-state index < -0.39 is 10.1 Å². The topological polar surface area (TPSA) is 54.4 Å². The fourth-order valence-corrected chi connectivity index (χ4v) is 3.84. The second kappa shape index (κ2) is 11.9. The van der Waals surface area contributed by atoms with E-state index >= 15 is 0 Å². The first-order valence-electron chi connectivity index (χ1n) is 9.49. The highest BCUT2D eigenvalue weighted by Crippen LogP contribution is 2.27. The maximum Gasteiger partial charge on any atom is 0.294 e. The van der Waals surface area contributed by atoms with Crippen LogP contribution < -0.4 is 0 Å². The van der Waals surface area contributed by atoms with Gasteiger partial charge in [0.2, 0.25) is 0 Å². The zero-order valence-electron chi connectivity index (χ0n) is 15.9. The molecular formula is C22H32O3S. The van der Waals surface area contributed by atoms with Crippen LogP contribution in [0.1, 0.15) is 75.0 Å². The average molecular weight is 377 g/mol. The van der Waals surface area contributed by atoms with Gasteiger partial charge in [-0.3, -0.25) is 4.55 Å². The first-order valence-corrected chi connectivity index (χ1v) is 10.9. The predicted octanol–water partition coefficient (Wildman–Crippen LogP) is 6.46. The third-order valence-corrected chi connectivity index (χ3v) is 5.43. The fourth-order valence-electron chi connectivity index (χ4n) is 3.08. The number of benzene rings is 1. The maximum atomic E-state index is 11.7. The van der Waals surface area contributed by atoms with E-state index in [4.69, 9.17) is 0 Å². The smallest absolute Gasteiger partial charge is 0.282 e. The maximum absolute atomic E-state index is 11.7. The third-order valence-electron chi connectivity index (χ3n) is 4.49. The minimum absolute atomic E-state index is 0.0297. The van der Waals surface area contributed by atoms with E-state index in [2.05, 4.69) is 32.2 Å².